The molecule has 1 saturated heterocycles. The lowest BCUT2D eigenvalue weighted by atomic mass is 9.60. The van der Waals surface area contributed by atoms with E-state index in [2.05, 4.69) is 33.8 Å². The summed E-state index contributed by atoms with van der Waals surface area (Å²) in [5.41, 5.74) is 8.01. The summed E-state index contributed by atoms with van der Waals surface area (Å²) < 4.78 is 18.0. The minimum Gasteiger partial charge on any atom is -0.487 e. The van der Waals surface area contributed by atoms with E-state index in [1.165, 1.54) is 5.56 Å². The van der Waals surface area contributed by atoms with Crippen molar-refractivity contribution in [3.63, 3.8) is 0 Å². The minimum absolute atomic E-state index is 0.00485. The number of rotatable bonds is 4. The Morgan fingerprint density at radius 2 is 1.76 bits per heavy atom. The number of carbonyl (C=O) groups excluding carboxylic acids is 1. The number of ether oxygens (including phenoxy) is 3. The van der Waals surface area contributed by atoms with E-state index in [0.29, 0.717) is 5.84 Å². The number of nitrogens with zero attached hydrogens (tertiary/aromatic N) is 2. The molecule has 1 aliphatic carbocycles. The van der Waals surface area contributed by atoms with Gasteiger partial charge in [0.25, 0.3) is 0 Å². The maximum atomic E-state index is 12.4. The molecule has 2 N–H and O–H groups in total. The molecule has 1 aromatic carbocycles. The first kappa shape index (κ1) is 27.7. The number of piperidine rings is 1. The zero-order valence-corrected chi connectivity index (χ0v) is 24.1. The van der Waals surface area contributed by atoms with Crippen LogP contribution in [0.25, 0.3) is 0 Å². The van der Waals surface area contributed by atoms with Gasteiger partial charge in [0.15, 0.2) is 0 Å². The van der Waals surface area contributed by atoms with Crippen molar-refractivity contribution in [2.75, 3.05) is 20.2 Å². The number of likely N-dealkylation sites (tertiary alicyclic amines) is 1. The molecule has 1 saturated carbocycles. The summed E-state index contributed by atoms with van der Waals surface area (Å²) in [6.45, 7) is 16.0. The smallest absolute Gasteiger partial charge is 0.410 e. The Hall–Kier alpha value is -2.28. The first-order chi connectivity index (χ1) is 17.1. The van der Waals surface area contributed by atoms with Crippen molar-refractivity contribution < 1.29 is 19.0 Å². The molecule has 2 aliphatic heterocycles. The standard InChI is InChI=1S/C30H47N3O4/c1-27(2,3)29(7,35-8)24-12-10-20-17-21(9-11-23(20)36-24)25(31)32-22-18-30(19-22)13-15-33(16-14-30)26(34)37-28(4,5)6/h9,11,17,22,24H,10,12-16,18-19H2,1-8H3,(H2,31,32)/t24-,29+/m1/s1. The van der Waals surface area contributed by atoms with Crippen LogP contribution in [-0.4, -0.2) is 60.4 Å². The first-order valence-electron chi connectivity index (χ1n) is 13.8. The second-order valence-corrected chi connectivity index (χ2v) is 13.6. The van der Waals surface area contributed by atoms with Gasteiger partial charge in [0, 0.05) is 25.8 Å². The molecule has 7 nitrogen and oxygen atoms in total. The molecule has 0 bridgehead atoms. The van der Waals surface area contributed by atoms with Crippen LogP contribution in [0.2, 0.25) is 0 Å². The summed E-state index contributed by atoms with van der Waals surface area (Å²) in [5, 5.41) is 0. The molecule has 7 heteroatoms. The molecule has 37 heavy (non-hydrogen) atoms. The van der Waals surface area contributed by atoms with E-state index in [9.17, 15) is 4.79 Å². The highest BCUT2D eigenvalue weighted by Crippen LogP contribution is 2.50. The highest BCUT2D eigenvalue weighted by atomic mass is 16.6. The number of benzene rings is 1. The number of methoxy groups -OCH3 is 1. The number of hydrogen-bond acceptors (Lipinski definition) is 5. The van der Waals surface area contributed by atoms with Crippen LogP contribution in [0.15, 0.2) is 23.2 Å². The van der Waals surface area contributed by atoms with E-state index in [0.717, 1.165) is 62.9 Å². The number of fused-ring (bicyclic) bond motifs is 1. The average molecular weight is 514 g/mol. The molecule has 0 unspecified atom stereocenters. The number of hydrogen-bond donors (Lipinski definition) is 1. The summed E-state index contributed by atoms with van der Waals surface area (Å²) in [5.74, 6) is 1.52. The van der Waals surface area contributed by atoms with E-state index >= 15 is 0 Å². The first-order valence-corrected chi connectivity index (χ1v) is 13.8. The van der Waals surface area contributed by atoms with Gasteiger partial charge in [-0.25, -0.2) is 4.79 Å². The van der Waals surface area contributed by atoms with Crippen LogP contribution in [0.1, 0.15) is 91.7 Å². The number of nitrogens with two attached hydrogens (primary N) is 1. The second kappa shape index (κ2) is 9.79. The van der Waals surface area contributed by atoms with E-state index in [4.69, 9.17) is 24.9 Å². The lowest BCUT2D eigenvalue weighted by molar-refractivity contribution is -0.147. The fourth-order valence-corrected chi connectivity index (χ4v) is 6.06. The molecule has 0 radical (unpaired) electrons. The van der Waals surface area contributed by atoms with Crippen LogP contribution in [0.5, 0.6) is 5.75 Å². The molecule has 1 aromatic rings. The van der Waals surface area contributed by atoms with Gasteiger partial charge in [-0.3, -0.25) is 4.99 Å². The summed E-state index contributed by atoms with van der Waals surface area (Å²) in [7, 11) is 1.78. The van der Waals surface area contributed by atoms with Gasteiger partial charge in [-0.05, 0) is 101 Å². The summed E-state index contributed by atoms with van der Waals surface area (Å²) in [6, 6.07) is 6.44. The lowest BCUT2D eigenvalue weighted by Gasteiger charge is -2.50. The van der Waals surface area contributed by atoms with Gasteiger partial charge < -0.3 is 24.8 Å². The monoisotopic (exact) mass is 513 g/mol. The topological polar surface area (TPSA) is 86.4 Å². The number of aliphatic imine (C=N–C) groups is 1. The Labute approximate surface area is 223 Å². The highest BCUT2D eigenvalue weighted by Gasteiger charge is 2.48. The van der Waals surface area contributed by atoms with Crippen LogP contribution in [0.4, 0.5) is 4.79 Å². The van der Waals surface area contributed by atoms with Crippen molar-refractivity contribution in [1.29, 1.82) is 0 Å². The summed E-state index contributed by atoms with van der Waals surface area (Å²) >= 11 is 0. The predicted octanol–water partition coefficient (Wildman–Crippen LogP) is 5.72. The number of amidine groups is 1. The van der Waals surface area contributed by atoms with Gasteiger partial charge in [-0.2, -0.15) is 0 Å². The van der Waals surface area contributed by atoms with E-state index in [-0.39, 0.29) is 34.7 Å². The third kappa shape index (κ3) is 5.76. The Balaban J connectivity index is 1.33. The lowest BCUT2D eigenvalue weighted by Crippen LogP contribution is -2.55. The molecule has 2 fully saturated rings. The van der Waals surface area contributed by atoms with Gasteiger partial charge in [0.2, 0.25) is 0 Å². The van der Waals surface area contributed by atoms with Gasteiger partial charge in [0.1, 0.15) is 28.9 Å². The van der Waals surface area contributed by atoms with Crippen molar-refractivity contribution in [2.45, 2.75) is 110 Å². The zero-order chi connectivity index (χ0) is 27.2. The molecule has 2 heterocycles. The average Bonchev–Trinajstić information content (AvgIpc) is 2.80. The minimum atomic E-state index is -0.457. The number of amides is 1. The quantitative estimate of drug-likeness (QED) is 0.411. The van der Waals surface area contributed by atoms with Gasteiger partial charge >= 0.3 is 6.09 Å². The van der Waals surface area contributed by atoms with Crippen molar-refractivity contribution in [2.24, 2.45) is 21.6 Å². The fourth-order valence-electron chi connectivity index (χ4n) is 6.06. The third-order valence-corrected chi connectivity index (χ3v) is 8.96. The normalized spacial score (nSPS) is 24.1. The van der Waals surface area contributed by atoms with Gasteiger partial charge in [0.05, 0.1) is 6.04 Å². The van der Waals surface area contributed by atoms with Gasteiger partial charge in [-0.1, -0.05) is 20.8 Å². The maximum absolute atomic E-state index is 12.4. The van der Waals surface area contributed by atoms with E-state index < -0.39 is 5.60 Å². The zero-order valence-electron chi connectivity index (χ0n) is 24.1. The fraction of sp³-hybridized carbons (Fsp3) is 0.733. The Bertz CT molecular complexity index is 1020. The molecular formula is C30H47N3O4. The number of aryl methyl sites for hydroxylation is 1. The SMILES string of the molecule is CO[C@@](C)([C@H]1CCc2cc(C(N)=NC3CC4(CCN(C(=O)OC(C)(C)C)CC4)C3)ccc2O1)C(C)(C)C. The van der Waals surface area contributed by atoms with Crippen LogP contribution < -0.4 is 10.5 Å². The molecule has 1 spiro atoms. The Morgan fingerprint density at radius 3 is 2.32 bits per heavy atom. The summed E-state index contributed by atoms with van der Waals surface area (Å²) in [4.78, 5) is 19.1. The van der Waals surface area contributed by atoms with Gasteiger partial charge in [-0.15, -0.1) is 0 Å². The van der Waals surface area contributed by atoms with Crippen LogP contribution in [0, 0.1) is 10.8 Å². The Kier molecular flexibility index (Phi) is 7.34. The van der Waals surface area contributed by atoms with Crippen LogP contribution in [0.3, 0.4) is 0 Å². The molecule has 2 atom stereocenters. The predicted molar refractivity (Wildman–Crippen MR) is 147 cm³/mol. The van der Waals surface area contributed by atoms with E-state index in [1.54, 1.807) is 7.11 Å². The van der Waals surface area contributed by atoms with Crippen molar-refractivity contribution >= 4 is 11.9 Å². The molecular weight excluding hydrogens is 466 g/mol. The van der Waals surface area contributed by atoms with E-state index in [1.807, 2.05) is 37.8 Å². The molecule has 4 rings (SSSR count). The second-order valence-electron chi connectivity index (χ2n) is 13.6. The van der Waals surface area contributed by atoms with Crippen molar-refractivity contribution in [3.05, 3.63) is 29.3 Å². The molecule has 1 amide bonds. The Morgan fingerprint density at radius 1 is 1.11 bits per heavy atom. The number of carbonyl (C=O) groups is 1. The van der Waals surface area contributed by atoms with Crippen molar-refractivity contribution in [3.8, 4) is 5.75 Å². The highest BCUT2D eigenvalue weighted by molar-refractivity contribution is 5.98. The largest absolute Gasteiger partial charge is 0.487 e. The van der Waals surface area contributed by atoms with Crippen LogP contribution >= 0.6 is 0 Å². The molecule has 0 aromatic heterocycles. The molecule has 3 aliphatic rings. The maximum Gasteiger partial charge on any atom is 0.410 e. The van der Waals surface area contributed by atoms with Crippen molar-refractivity contribution in [1.82, 2.24) is 4.90 Å². The molecule has 206 valence electrons. The third-order valence-electron chi connectivity index (χ3n) is 8.96. The summed E-state index contributed by atoms with van der Waals surface area (Å²) in [6.07, 6.45) is 5.71. The van der Waals surface area contributed by atoms with Crippen LogP contribution in [-0.2, 0) is 15.9 Å².